The molecule has 6 heteroatoms. The Bertz CT molecular complexity index is 651. The highest BCUT2D eigenvalue weighted by Gasteiger charge is 2.18. The van der Waals surface area contributed by atoms with E-state index >= 15 is 0 Å². The van der Waals surface area contributed by atoms with Crippen LogP contribution in [0.4, 0.5) is 0 Å². The van der Waals surface area contributed by atoms with Crippen LogP contribution in [0.3, 0.4) is 0 Å². The second kappa shape index (κ2) is 11.2. The Morgan fingerprint density at radius 3 is 2.54 bits per heavy atom. The highest BCUT2D eigenvalue weighted by Crippen LogP contribution is 2.14. The summed E-state index contributed by atoms with van der Waals surface area (Å²) in [5, 5.41) is 17.9. The van der Waals surface area contributed by atoms with Crippen LogP contribution >= 0.6 is 0 Å². The van der Waals surface area contributed by atoms with E-state index in [1.54, 1.807) is 37.2 Å². The molecule has 0 radical (unpaired) electrons. The molecule has 1 aromatic rings. The molecule has 2 N–H and O–H groups in total. The van der Waals surface area contributed by atoms with Crippen LogP contribution < -0.4 is 0 Å². The zero-order valence-electron chi connectivity index (χ0n) is 15.4. The maximum Gasteiger partial charge on any atom is 0.308 e. The van der Waals surface area contributed by atoms with Crippen LogP contribution in [0, 0.1) is 5.92 Å². The van der Waals surface area contributed by atoms with Gasteiger partial charge in [-0.15, -0.1) is 0 Å². The second-order valence-electron chi connectivity index (χ2n) is 6.39. The number of aliphatic hydroxyl groups is 1. The number of aliphatic carboxylic acids is 1. The molecule has 1 amide bonds. The maximum absolute atomic E-state index is 12.2. The topological polar surface area (TPSA) is 94.9 Å². The largest absolute Gasteiger partial charge is 0.481 e. The van der Waals surface area contributed by atoms with Crippen LogP contribution in [0.2, 0.25) is 0 Å². The summed E-state index contributed by atoms with van der Waals surface area (Å²) in [6, 6.07) is 7.12. The molecule has 26 heavy (non-hydrogen) atoms. The Morgan fingerprint density at radius 1 is 1.19 bits per heavy atom. The minimum Gasteiger partial charge on any atom is -0.481 e. The molecule has 0 aromatic heterocycles. The van der Waals surface area contributed by atoms with Gasteiger partial charge in [-0.3, -0.25) is 14.4 Å². The van der Waals surface area contributed by atoms with Crippen molar-refractivity contribution in [3.05, 3.63) is 41.5 Å². The number of nitrogens with zero attached hydrogens (tertiary/aromatic N) is 1. The third-order valence-corrected chi connectivity index (χ3v) is 4.07. The van der Waals surface area contributed by atoms with E-state index in [4.69, 9.17) is 10.2 Å². The predicted molar refractivity (Wildman–Crippen MR) is 99.8 cm³/mol. The Labute approximate surface area is 154 Å². The number of allylic oxidation sites excluding steroid dienone is 1. The van der Waals surface area contributed by atoms with E-state index in [0.29, 0.717) is 12.0 Å². The molecule has 0 heterocycles. The standard InChI is InChI=1S/C20H27NO5/c1-21(2)19(24)10-5-3-4-7-15-8-6-9-16(13-15)18(23)12-11-17(14-22)20(25)26/h4,6-9,13,17,22H,3,5,10-12,14H2,1-2H3,(H,25,26)/b7-4-/t17-/m0/s1. The number of carbonyl (C=O) groups excluding carboxylic acids is 2. The number of carbonyl (C=O) groups is 3. The molecule has 0 saturated heterocycles. The minimum absolute atomic E-state index is 0.0807. The molecule has 1 atom stereocenters. The first-order chi connectivity index (χ1) is 12.3. The van der Waals surface area contributed by atoms with E-state index in [1.807, 2.05) is 18.2 Å². The number of carboxylic acid groups (broad SMARTS) is 1. The molecule has 0 spiro atoms. The minimum atomic E-state index is -1.09. The summed E-state index contributed by atoms with van der Waals surface area (Å²) in [6.07, 6.45) is 6.12. The molecule has 0 unspecified atom stereocenters. The van der Waals surface area contributed by atoms with Crippen LogP contribution in [0.5, 0.6) is 0 Å². The van der Waals surface area contributed by atoms with Crippen LogP contribution in [0.1, 0.15) is 48.0 Å². The summed E-state index contributed by atoms with van der Waals surface area (Å²) in [4.78, 5) is 36.1. The zero-order valence-corrected chi connectivity index (χ0v) is 15.4. The number of rotatable bonds is 11. The smallest absolute Gasteiger partial charge is 0.308 e. The number of carboxylic acids is 1. The quantitative estimate of drug-likeness (QED) is 0.467. The van der Waals surface area contributed by atoms with E-state index in [0.717, 1.165) is 18.4 Å². The zero-order chi connectivity index (χ0) is 19.5. The molecular weight excluding hydrogens is 334 g/mol. The number of amides is 1. The number of hydrogen-bond acceptors (Lipinski definition) is 4. The van der Waals surface area contributed by atoms with Gasteiger partial charge in [0.15, 0.2) is 5.78 Å². The van der Waals surface area contributed by atoms with Gasteiger partial charge in [-0.1, -0.05) is 30.4 Å². The average molecular weight is 361 g/mol. The Hall–Kier alpha value is -2.47. The first-order valence-corrected chi connectivity index (χ1v) is 8.68. The van der Waals surface area contributed by atoms with Gasteiger partial charge in [-0.25, -0.2) is 0 Å². The van der Waals surface area contributed by atoms with Gasteiger partial charge < -0.3 is 15.1 Å². The van der Waals surface area contributed by atoms with Gasteiger partial charge in [0.05, 0.1) is 12.5 Å². The molecule has 6 nitrogen and oxygen atoms in total. The highest BCUT2D eigenvalue weighted by atomic mass is 16.4. The Balaban J connectivity index is 2.53. The van der Waals surface area contributed by atoms with E-state index in [9.17, 15) is 14.4 Å². The van der Waals surface area contributed by atoms with E-state index in [2.05, 4.69) is 0 Å². The summed E-state index contributed by atoms with van der Waals surface area (Å²) in [7, 11) is 3.47. The van der Waals surface area contributed by atoms with Gasteiger partial charge in [-0.05, 0) is 30.9 Å². The number of aliphatic hydroxyl groups excluding tert-OH is 1. The van der Waals surface area contributed by atoms with Crippen molar-refractivity contribution in [2.75, 3.05) is 20.7 Å². The fourth-order valence-electron chi connectivity index (χ4n) is 2.37. The molecule has 0 bridgehead atoms. The van der Waals surface area contributed by atoms with Crippen molar-refractivity contribution >= 4 is 23.7 Å². The summed E-state index contributed by atoms with van der Waals surface area (Å²) < 4.78 is 0. The predicted octanol–water partition coefficient (Wildman–Crippen LogP) is 2.61. The van der Waals surface area contributed by atoms with Crippen molar-refractivity contribution in [1.29, 1.82) is 0 Å². The molecule has 1 rings (SSSR count). The lowest BCUT2D eigenvalue weighted by atomic mass is 9.98. The van der Waals surface area contributed by atoms with Crippen LogP contribution in [-0.4, -0.2) is 53.5 Å². The first kappa shape index (κ1) is 21.6. The van der Waals surface area contributed by atoms with Crippen molar-refractivity contribution in [2.24, 2.45) is 5.92 Å². The number of benzene rings is 1. The molecule has 1 aromatic carbocycles. The summed E-state index contributed by atoms with van der Waals surface area (Å²) >= 11 is 0. The van der Waals surface area contributed by atoms with Crippen molar-refractivity contribution in [2.45, 2.75) is 32.1 Å². The Kier molecular flexibility index (Phi) is 9.30. The van der Waals surface area contributed by atoms with Gasteiger partial charge in [0, 0.05) is 32.5 Å². The van der Waals surface area contributed by atoms with E-state index in [1.165, 1.54) is 0 Å². The molecular formula is C20H27NO5. The van der Waals surface area contributed by atoms with Crippen molar-refractivity contribution in [3.8, 4) is 0 Å². The maximum atomic E-state index is 12.2. The van der Waals surface area contributed by atoms with Crippen molar-refractivity contribution in [1.82, 2.24) is 4.90 Å². The Morgan fingerprint density at radius 2 is 1.92 bits per heavy atom. The highest BCUT2D eigenvalue weighted by molar-refractivity contribution is 5.96. The summed E-state index contributed by atoms with van der Waals surface area (Å²) in [6.45, 7) is -0.471. The first-order valence-electron chi connectivity index (χ1n) is 8.68. The lowest BCUT2D eigenvalue weighted by Crippen LogP contribution is -2.20. The van der Waals surface area contributed by atoms with Gasteiger partial charge in [0.2, 0.25) is 5.91 Å². The van der Waals surface area contributed by atoms with Gasteiger partial charge in [-0.2, -0.15) is 0 Å². The second-order valence-corrected chi connectivity index (χ2v) is 6.39. The molecule has 142 valence electrons. The van der Waals surface area contributed by atoms with Crippen molar-refractivity contribution in [3.63, 3.8) is 0 Å². The lowest BCUT2D eigenvalue weighted by Gasteiger charge is -2.08. The third kappa shape index (κ3) is 7.61. The van der Waals surface area contributed by atoms with Gasteiger partial charge in [0.1, 0.15) is 0 Å². The SMILES string of the molecule is CN(C)C(=O)CCC/C=C\c1cccc(C(=O)CC[C@@H](CO)C(=O)O)c1. The van der Waals surface area contributed by atoms with E-state index in [-0.39, 0.29) is 24.5 Å². The molecule has 0 saturated carbocycles. The number of Topliss-reactive ketones (excluding diaryl/α,β-unsaturated/α-hetero) is 1. The monoisotopic (exact) mass is 361 g/mol. The third-order valence-electron chi connectivity index (χ3n) is 4.07. The van der Waals surface area contributed by atoms with Gasteiger partial charge >= 0.3 is 5.97 Å². The van der Waals surface area contributed by atoms with Crippen LogP contribution in [-0.2, 0) is 9.59 Å². The number of hydrogen-bond donors (Lipinski definition) is 2. The molecule has 0 aliphatic carbocycles. The molecule has 0 aliphatic heterocycles. The fraction of sp³-hybridized carbons (Fsp3) is 0.450. The van der Waals surface area contributed by atoms with Crippen LogP contribution in [0.15, 0.2) is 30.3 Å². The molecule has 0 aliphatic rings. The number of ketones is 1. The normalized spacial score (nSPS) is 12.1. The van der Waals surface area contributed by atoms with Crippen molar-refractivity contribution < 1.29 is 24.6 Å². The van der Waals surface area contributed by atoms with E-state index < -0.39 is 18.5 Å². The number of unbranched alkanes of at least 4 members (excludes halogenated alkanes) is 1. The molecule has 0 fully saturated rings. The summed E-state index contributed by atoms with van der Waals surface area (Å²) in [5.41, 5.74) is 1.41. The van der Waals surface area contributed by atoms with Gasteiger partial charge in [0.25, 0.3) is 0 Å². The van der Waals surface area contributed by atoms with Crippen LogP contribution in [0.25, 0.3) is 6.08 Å². The average Bonchev–Trinajstić information content (AvgIpc) is 2.61. The summed E-state index contributed by atoms with van der Waals surface area (Å²) in [5.74, 6) is -2.04. The lowest BCUT2D eigenvalue weighted by molar-refractivity contribution is -0.143. The fourth-order valence-corrected chi connectivity index (χ4v) is 2.37.